The van der Waals surface area contributed by atoms with Gasteiger partial charge in [0.2, 0.25) is 0 Å². The number of nitrogens with zero attached hydrogens (tertiary/aromatic N) is 6. The van der Waals surface area contributed by atoms with Gasteiger partial charge in [0.25, 0.3) is 0 Å². The summed E-state index contributed by atoms with van der Waals surface area (Å²) >= 11 is 0. The number of fused-ring (bicyclic) bond motifs is 1. The Balaban J connectivity index is 1.20. The molecule has 262 valence electrons. The maximum absolute atomic E-state index is 11.8. The van der Waals surface area contributed by atoms with Gasteiger partial charge in [0.15, 0.2) is 0 Å². The maximum Gasteiger partial charge on any atom is 0.513 e. The molecule has 5 aromatic rings. The summed E-state index contributed by atoms with van der Waals surface area (Å²) < 4.78 is 10.2. The standard InChI is InChI=1S/C42H46N6O3/c1-4-7-12-31(13-8-5-2)32-16-18-33(19-17-32)43-44-34-20-22-35(23-21-34)45-47-40-28-29-41(39-15-11-10-14-38(39)40)48-46-36-24-26-37(27-25-36)51-42(49)50-30-9-6-3/h10-11,14-29,31H,4-9,12-13,30H2,1-3H3/b44-43+,47-45+,48-46+. The minimum atomic E-state index is -0.717. The largest absolute Gasteiger partial charge is 0.513 e. The Morgan fingerprint density at radius 1 is 0.529 bits per heavy atom. The van der Waals surface area contributed by atoms with Crippen LogP contribution in [0, 0.1) is 0 Å². The van der Waals surface area contributed by atoms with Crippen LogP contribution in [0.1, 0.15) is 83.6 Å². The van der Waals surface area contributed by atoms with Crippen molar-refractivity contribution in [3.63, 3.8) is 0 Å². The highest BCUT2D eigenvalue weighted by molar-refractivity contribution is 5.99. The van der Waals surface area contributed by atoms with E-state index in [-0.39, 0.29) is 0 Å². The van der Waals surface area contributed by atoms with E-state index >= 15 is 0 Å². The topological polar surface area (TPSA) is 110 Å². The molecule has 0 aliphatic heterocycles. The number of benzene rings is 5. The fourth-order valence-electron chi connectivity index (χ4n) is 5.56. The molecule has 9 nitrogen and oxygen atoms in total. The molecule has 0 aliphatic carbocycles. The summed E-state index contributed by atoms with van der Waals surface area (Å²) in [4.78, 5) is 11.8. The summed E-state index contributed by atoms with van der Waals surface area (Å²) in [6, 6.07) is 34.5. The molecule has 0 aromatic heterocycles. The zero-order valence-electron chi connectivity index (χ0n) is 29.7. The van der Waals surface area contributed by atoms with Crippen LogP contribution in [0.15, 0.2) is 140 Å². The molecule has 0 radical (unpaired) electrons. The summed E-state index contributed by atoms with van der Waals surface area (Å²) in [5, 5.41) is 28.6. The lowest BCUT2D eigenvalue weighted by atomic mass is 9.89. The van der Waals surface area contributed by atoms with E-state index in [0.717, 1.165) is 40.7 Å². The molecule has 0 atom stereocenters. The van der Waals surface area contributed by atoms with E-state index in [2.05, 4.69) is 68.8 Å². The summed E-state index contributed by atoms with van der Waals surface area (Å²) in [5.74, 6) is 0.995. The molecular formula is C42H46N6O3. The second kappa shape index (κ2) is 19.6. The van der Waals surface area contributed by atoms with Crippen LogP contribution in [0.2, 0.25) is 0 Å². The van der Waals surface area contributed by atoms with Gasteiger partial charge in [-0.15, -0.1) is 10.2 Å². The van der Waals surface area contributed by atoms with E-state index in [9.17, 15) is 4.79 Å². The lowest BCUT2D eigenvalue weighted by Gasteiger charge is -2.17. The van der Waals surface area contributed by atoms with Crippen LogP contribution in [0.4, 0.5) is 38.9 Å². The average Bonchev–Trinajstić information content (AvgIpc) is 3.17. The van der Waals surface area contributed by atoms with Crippen molar-refractivity contribution >= 4 is 51.1 Å². The van der Waals surface area contributed by atoms with E-state index in [4.69, 9.17) is 9.47 Å². The van der Waals surface area contributed by atoms with E-state index in [1.54, 1.807) is 24.3 Å². The predicted octanol–water partition coefficient (Wildman–Crippen LogP) is 14.9. The van der Waals surface area contributed by atoms with Gasteiger partial charge in [0.1, 0.15) is 5.75 Å². The minimum Gasteiger partial charge on any atom is -0.434 e. The summed E-state index contributed by atoms with van der Waals surface area (Å²) in [6.45, 7) is 6.88. The quantitative estimate of drug-likeness (QED) is 0.0421. The minimum absolute atomic E-state index is 0.339. The number of carbonyl (C=O) groups is 1. The van der Waals surface area contributed by atoms with E-state index < -0.39 is 6.16 Å². The number of carbonyl (C=O) groups excluding carboxylic acids is 1. The van der Waals surface area contributed by atoms with Crippen LogP contribution >= 0.6 is 0 Å². The van der Waals surface area contributed by atoms with Crippen molar-refractivity contribution in [3.05, 3.63) is 115 Å². The highest BCUT2D eigenvalue weighted by atomic mass is 16.7. The van der Waals surface area contributed by atoms with Crippen molar-refractivity contribution in [2.75, 3.05) is 6.61 Å². The Hall–Kier alpha value is -5.57. The number of unbranched alkanes of at least 4 members (excludes halogenated alkanes) is 3. The Morgan fingerprint density at radius 2 is 0.961 bits per heavy atom. The molecule has 0 saturated heterocycles. The van der Waals surface area contributed by atoms with Gasteiger partial charge in [-0.3, -0.25) is 0 Å². The van der Waals surface area contributed by atoms with E-state index in [1.807, 2.05) is 67.6 Å². The zero-order valence-corrected chi connectivity index (χ0v) is 29.7. The molecule has 9 heteroatoms. The second-order valence-electron chi connectivity index (χ2n) is 12.4. The van der Waals surface area contributed by atoms with Gasteiger partial charge in [-0.25, -0.2) is 4.79 Å². The normalized spacial score (nSPS) is 11.8. The monoisotopic (exact) mass is 682 g/mol. The molecule has 5 rings (SSSR count). The summed E-state index contributed by atoms with van der Waals surface area (Å²) in [7, 11) is 0. The van der Waals surface area contributed by atoms with Gasteiger partial charge < -0.3 is 9.47 Å². The van der Waals surface area contributed by atoms with Crippen LogP contribution in [0.5, 0.6) is 5.75 Å². The molecule has 0 heterocycles. The average molecular weight is 683 g/mol. The first kappa shape index (κ1) is 36.7. The van der Waals surface area contributed by atoms with Crippen LogP contribution < -0.4 is 4.74 Å². The Labute approximate surface area is 300 Å². The highest BCUT2D eigenvalue weighted by Gasteiger charge is 2.11. The Bertz CT molecular complexity index is 1910. The Kier molecular flexibility index (Phi) is 14.1. The first-order valence-corrected chi connectivity index (χ1v) is 18.0. The zero-order chi connectivity index (χ0) is 35.7. The molecule has 0 N–H and O–H groups in total. The third-order valence-corrected chi connectivity index (χ3v) is 8.49. The van der Waals surface area contributed by atoms with Crippen LogP contribution in [-0.2, 0) is 4.74 Å². The highest BCUT2D eigenvalue weighted by Crippen LogP contribution is 2.36. The van der Waals surface area contributed by atoms with Crippen LogP contribution in [-0.4, -0.2) is 12.8 Å². The van der Waals surface area contributed by atoms with Gasteiger partial charge in [-0.05, 0) is 104 Å². The lowest BCUT2D eigenvalue weighted by molar-refractivity contribution is 0.0978. The fraction of sp³-hybridized carbons (Fsp3) is 0.310. The molecule has 0 amide bonds. The summed E-state index contributed by atoms with van der Waals surface area (Å²) in [5.41, 5.74) is 5.72. The molecule has 0 aliphatic rings. The van der Waals surface area contributed by atoms with Crippen molar-refractivity contribution in [1.82, 2.24) is 0 Å². The molecule has 0 bridgehead atoms. The molecule has 51 heavy (non-hydrogen) atoms. The van der Waals surface area contributed by atoms with E-state index in [0.29, 0.717) is 35.3 Å². The molecule has 0 spiro atoms. The number of ether oxygens (including phenoxy) is 2. The van der Waals surface area contributed by atoms with Crippen molar-refractivity contribution < 1.29 is 14.3 Å². The smallest absolute Gasteiger partial charge is 0.434 e. The van der Waals surface area contributed by atoms with Gasteiger partial charge in [0, 0.05) is 10.8 Å². The fourth-order valence-corrected chi connectivity index (χ4v) is 5.56. The number of hydrogen-bond donors (Lipinski definition) is 0. The third kappa shape index (κ3) is 11.2. The Morgan fingerprint density at radius 3 is 1.43 bits per heavy atom. The number of azo groups is 3. The number of hydrogen-bond acceptors (Lipinski definition) is 9. The molecule has 0 saturated carbocycles. The van der Waals surface area contributed by atoms with Crippen LogP contribution in [0.25, 0.3) is 10.8 Å². The maximum atomic E-state index is 11.8. The predicted molar refractivity (Wildman–Crippen MR) is 204 cm³/mol. The lowest BCUT2D eigenvalue weighted by Crippen LogP contribution is -2.11. The summed E-state index contributed by atoms with van der Waals surface area (Å²) in [6.07, 6.45) is 8.47. The van der Waals surface area contributed by atoms with Crippen molar-refractivity contribution in [2.45, 2.75) is 78.1 Å². The number of rotatable bonds is 17. The molecular weight excluding hydrogens is 637 g/mol. The van der Waals surface area contributed by atoms with Crippen molar-refractivity contribution in [2.24, 2.45) is 30.7 Å². The molecule has 0 unspecified atom stereocenters. The van der Waals surface area contributed by atoms with Gasteiger partial charge in [-0.1, -0.05) is 89.3 Å². The SMILES string of the molecule is CCCCOC(=O)Oc1ccc(/N=N/c2ccc(/N=N/c3ccc(/N=N/c4ccc(C(CCCC)CCCC)cc4)cc3)c3ccccc23)cc1. The first-order chi connectivity index (χ1) is 25.1. The molecule has 5 aromatic carbocycles. The third-order valence-electron chi connectivity index (χ3n) is 8.49. The van der Waals surface area contributed by atoms with Gasteiger partial charge in [0.05, 0.1) is 40.7 Å². The van der Waals surface area contributed by atoms with Crippen molar-refractivity contribution in [1.29, 1.82) is 0 Å². The van der Waals surface area contributed by atoms with E-state index in [1.165, 1.54) is 44.1 Å². The second-order valence-corrected chi connectivity index (χ2v) is 12.4. The molecule has 0 fully saturated rings. The van der Waals surface area contributed by atoms with Gasteiger partial charge >= 0.3 is 6.16 Å². The first-order valence-electron chi connectivity index (χ1n) is 18.0. The van der Waals surface area contributed by atoms with Gasteiger partial charge in [-0.2, -0.15) is 20.5 Å². The van der Waals surface area contributed by atoms with Crippen LogP contribution in [0.3, 0.4) is 0 Å². The van der Waals surface area contributed by atoms with Crippen molar-refractivity contribution in [3.8, 4) is 5.75 Å².